The van der Waals surface area contributed by atoms with Crippen molar-refractivity contribution in [3.63, 3.8) is 0 Å². The van der Waals surface area contributed by atoms with Crippen LogP contribution >= 0.6 is 0 Å². The Kier molecular flexibility index (Phi) is 5.96. The van der Waals surface area contributed by atoms with E-state index in [-0.39, 0.29) is 6.04 Å². The van der Waals surface area contributed by atoms with E-state index < -0.39 is 0 Å². The normalized spacial score (nSPS) is 11.4. The Labute approximate surface area is 119 Å². The number of nitrogens with one attached hydrogen (secondary N) is 1. The summed E-state index contributed by atoms with van der Waals surface area (Å²) in [6.07, 6.45) is 0. The Morgan fingerprint density at radius 2 is 1.70 bits per heavy atom. The van der Waals surface area contributed by atoms with Crippen LogP contribution in [0.25, 0.3) is 0 Å². The molecular formula is C14H23N3O3. The van der Waals surface area contributed by atoms with E-state index in [1.807, 2.05) is 26.0 Å². The molecule has 1 aromatic carbocycles. The summed E-state index contributed by atoms with van der Waals surface area (Å²) >= 11 is 0. The van der Waals surface area contributed by atoms with Crippen LogP contribution < -0.4 is 25.3 Å². The van der Waals surface area contributed by atoms with E-state index in [1.165, 1.54) is 0 Å². The van der Waals surface area contributed by atoms with Crippen LogP contribution in [0.5, 0.6) is 17.2 Å². The van der Waals surface area contributed by atoms with Gasteiger partial charge in [0.2, 0.25) is 5.75 Å². The first kappa shape index (κ1) is 15.9. The van der Waals surface area contributed by atoms with E-state index >= 15 is 0 Å². The smallest absolute Gasteiger partial charge is 0.203 e. The second-order valence-electron chi connectivity index (χ2n) is 4.53. The number of hydrogen-bond acceptors (Lipinski definition) is 4. The second-order valence-corrected chi connectivity index (χ2v) is 4.53. The lowest BCUT2D eigenvalue weighted by Crippen LogP contribution is -2.36. The van der Waals surface area contributed by atoms with E-state index in [0.717, 1.165) is 5.56 Å². The van der Waals surface area contributed by atoms with Crippen molar-refractivity contribution in [1.29, 1.82) is 0 Å². The van der Waals surface area contributed by atoms with Crippen molar-refractivity contribution in [3.8, 4) is 17.2 Å². The predicted molar refractivity (Wildman–Crippen MR) is 79.7 cm³/mol. The van der Waals surface area contributed by atoms with Gasteiger partial charge < -0.3 is 25.3 Å². The van der Waals surface area contributed by atoms with Crippen molar-refractivity contribution < 1.29 is 14.2 Å². The minimum Gasteiger partial charge on any atom is -0.493 e. The number of benzene rings is 1. The number of hydrogen-bond donors (Lipinski definition) is 2. The molecule has 0 spiro atoms. The summed E-state index contributed by atoms with van der Waals surface area (Å²) in [4.78, 5) is 4.27. The van der Waals surface area contributed by atoms with Crippen LogP contribution in [0.15, 0.2) is 17.1 Å². The maximum Gasteiger partial charge on any atom is 0.203 e. The van der Waals surface area contributed by atoms with Gasteiger partial charge in [0.05, 0.1) is 27.9 Å². The molecule has 0 radical (unpaired) electrons. The number of rotatable bonds is 6. The van der Waals surface area contributed by atoms with Gasteiger partial charge in [0.15, 0.2) is 17.5 Å². The number of methoxy groups -OCH3 is 3. The molecule has 0 aliphatic rings. The lowest BCUT2D eigenvalue weighted by atomic mass is 10.2. The van der Waals surface area contributed by atoms with Gasteiger partial charge in [-0.15, -0.1) is 0 Å². The van der Waals surface area contributed by atoms with Gasteiger partial charge in [-0.3, -0.25) is 0 Å². The van der Waals surface area contributed by atoms with Crippen LogP contribution in [0, 0.1) is 0 Å². The summed E-state index contributed by atoms with van der Waals surface area (Å²) in [5.41, 5.74) is 6.70. The van der Waals surface area contributed by atoms with Crippen molar-refractivity contribution >= 4 is 5.96 Å². The van der Waals surface area contributed by atoms with Gasteiger partial charge in [0.25, 0.3) is 0 Å². The van der Waals surface area contributed by atoms with Gasteiger partial charge in [-0.25, -0.2) is 4.99 Å². The fourth-order valence-corrected chi connectivity index (χ4v) is 1.74. The number of nitrogens with zero attached hydrogens (tertiary/aromatic N) is 1. The van der Waals surface area contributed by atoms with Crippen molar-refractivity contribution in [2.45, 2.75) is 26.4 Å². The highest BCUT2D eigenvalue weighted by Crippen LogP contribution is 2.38. The van der Waals surface area contributed by atoms with Crippen LogP contribution in [0.4, 0.5) is 0 Å². The topological polar surface area (TPSA) is 78.1 Å². The predicted octanol–water partition coefficient (Wildman–Crippen LogP) is 1.53. The zero-order valence-electron chi connectivity index (χ0n) is 12.7. The van der Waals surface area contributed by atoms with Crippen LogP contribution in [-0.4, -0.2) is 33.3 Å². The van der Waals surface area contributed by atoms with Crippen molar-refractivity contribution in [2.75, 3.05) is 21.3 Å². The average molecular weight is 281 g/mol. The van der Waals surface area contributed by atoms with Crippen LogP contribution in [0.2, 0.25) is 0 Å². The third-order valence-corrected chi connectivity index (χ3v) is 2.59. The van der Waals surface area contributed by atoms with E-state index in [2.05, 4.69) is 10.3 Å². The largest absolute Gasteiger partial charge is 0.493 e. The standard InChI is InChI=1S/C14H23N3O3/c1-9(2)17-14(15)16-8-10-6-11(18-3)13(20-5)12(7-10)19-4/h6-7,9H,8H2,1-5H3,(H3,15,16,17). The van der Waals surface area contributed by atoms with E-state index in [1.54, 1.807) is 21.3 Å². The highest BCUT2D eigenvalue weighted by Gasteiger charge is 2.12. The van der Waals surface area contributed by atoms with Gasteiger partial charge in [0, 0.05) is 6.04 Å². The van der Waals surface area contributed by atoms with Gasteiger partial charge in [-0.2, -0.15) is 0 Å². The first-order valence-corrected chi connectivity index (χ1v) is 6.37. The summed E-state index contributed by atoms with van der Waals surface area (Å²) in [5.74, 6) is 2.18. The molecule has 0 aliphatic carbocycles. The molecular weight excluding hydrogens is 258 g/mol. The van der Waals surface area contributed by atoms with E-state index in [0.29, 0.717) is 29.8 Å². The second kappa shape index (κ2) is 7.47. The van der Waals surface area contributed by atoms with Crippen LogP contribution in [-0.2, 0) is 6.54 Å². The first-order chi connectivity index (χ1) is 9.51. The molecule has 0 bridgehead atoms. The molecule has 6 heteroatoms. The van der Waals surface area contributed by atoms with Crippen molar-refractivity contribution in [1.82, 2.24) is 5.32 Å². The fourth-order valence-electron chi connectivity index (χ4n) is 1.74. The van der Waals surface area contributed by atoms with Gasteiger partial charge in [0.1, 0.15) is 0 Å². The molecule has 6 nitrogen and oxygen atoms in total. The highest BCUT2D eigenvalue weighted by molar-refractivity contribution is 5.78. The molecule has 3 N–H and O–H groups in total. The molecule has 0 fully saturated rings. The summed E-state index contributed by atoms with van der Waals surface area (Å²) < 4.78 is 15.8. The molecule has 0 aromatic heterocycles. The maximum absolute atomic E-state index is 5.77. The summed E-state index contributed by atoms with van der Waals surface area (Å²) in [6, 6.07) is 3.96. The number of aliphatic imine (C=N–C) groups is 1. The molecule has 0 amide bonds. The van der Waals surface area contributed by atoms with Gasteiger partial charge in [-0.1, -0.05) is 0 Å². The van der Waals surface area contributed by atoms with E-state index in [4.69, 9.17) is 19.9 Å². The summed E-state index contributed by atoms with van der Waals surface area (Å²) in [7, 11) is 4.74. The fraction of sp³-hybridized carbons (Fsp3) is 0.500. The Hall–Kier alpha value is -2.11. The maximum atomic E-state index is 5.77. The number of guanidine groups is 1. The Bertz CT molecular complexity index is 448. The summed E-state index contributed by atoms with van der Waals surface area (Å²) in [5, 5.41) is 3.03. The zero-order chi connectivity index (χ0) is 15.1. The third-order valence-electron chi connectivity index (χ3n) is 2.59. The molecule has 0 saturated heterocycles. The molecule has 1 aromatic rings. The minimum atomic E-state index is 0.249. The van der Waals surface area contributed by atoms with E-state index in [9.17, 15) is 0 Å². The Morgan fingerprint density at radius 3 is 2.10 bits per heavy atom. The number of nitrogens with two attached hydrogens (primary N) is 1. The molecule has 112 valence electrons. The van der Waals surface area contributed by atoms with Gasteiger partial charge >= 0.3 is 0 Å². The van der Waals surface area contributed by atoms with Gasteiger partial charge in [-0.05, 0) is 31.5 Å². The molecule has 20 heavy (non-hydrogen) atoms. The van der Waals surface area contributed by atoms with Crippen LogP contribution in [0.1, 0.15) is 19.4 Å². The molecule has 0 unspecified atom stereocenters. The van der Waals surface area contributed by atoms with Crippen molar-refractivity contribution in [3.05, 3.63) is 17.7 Å². The Balaban J connectivity index is 2.96. The van der Waals surface area contributed by atoms with Crippen molar-refractivity contribution in [2.24, 2.45) is 10.7 Å². The SMILES string of the molecule is COc1cc(CN=C(N)NC(C)C)cc(OC)c1OC. The molecule has 0 atom stereocenters. The lowest BCUT2D eigenvalue weighted by molar-refractivity contribution is 0.324. The highest BCUT2D eigenvalue weighted by atomic mass is 16.5. The monoisotopic (exact) mass is 281 g/mol. The average Bonchev–Trinajstić information content (AvgIpc) is 2.42. The minimum absolute atomic E-state index is 0.249. The summed E-state index contributed by atoms with van der Waals surface area (Å²) in [6.45, 7) is 4.44. The molecule has 1 rings (SSSR count). The number of ether oxygens (including phenoxy) is 3. The quantitative estimate of drug-likeness (QED) is 0.610. The zero-order valence-corrected chi connectivity index (χ0v) is 12.7. The van der Waals surface area contributed by atoms with Crippen LogP contribution in [0.3, 0.4) is 0 Å². The molecule has 0 aliphatic heterocycles. The first-order valence-electron chi connectivity index (χ1n) is 6.37. The Morgan fingerprint density at radius 1 is 1.15 bits per heavy atom. The lowest BCUT2D eigenvalue weighted by Gasteiger charge is -2.14. The molecule has 0 saturated carbocycles. The third kappa shape index (κ3) is 4.22. The molecule has 0 heterocycles.